The zero-order valence-electron chi connectivity index (χ0n) is 18.7. The fourth-order valence-electron chi connectivity index (χ4n) is 5.42. The largest absolute Gasteiger partial charge is 0.375 e. The second-order valence-electron chi connectivity index (χ2n) is 9.53. The van der Waals surface area contributed by atoms with E-state index in [1.807, 2.05) is 32.0 Å². The van der Waals surface area contributed by atoms with Crippen LogP contribution in [-0.2, 0) is 15.2 Å². The molecule has 32 heavy (non-hydrogen) atoms. The molecule has 2 amide bonds. The molecule has 0 unspecified atom stereocenters. The second kappa shape index (κ2) is 8.66. The van der Waals surface area contributed by atoms with Gasteiger partial charge in [0.2, 0.25) is 5.91 Å². The summed E-state index contributed by atoms with van der Waals surface area (Å²) < 4.78 is 13.5. The molecule has 0 bridgehead atoms. The third kappa shape index (κ3) is 3.92. The van der Waals surface area contributed by atoms with E-state index in [0.29, 0.717) is 44.5 Å². The zero-order valence-corrected chi connectivity index (χ0v) is 18.7. The van der Waals surface area contributed by atoms with Gasteiger partial charge in [0, 0.05) is 32.0 Å². The first kappa shape index (κ1) is 22.5. The predicted molar refractivity (Wildman–Crippen MR) is 120 cm³/mol. The molecule has 6 heteroatoms. The Morgan fingerprint density at radius 3 is 2.34 bits per heavy atom. The number of carbonyl (C=O) groups is 2. The minimum Gasteiger partial charge on any atom is -0.375 e. The summed E-state index contributed by atoms with van der Waals surface area (Å²) in [5.74, 6) is -0.771. The van der Waals surface area contributed by atoms with Gasteiger partial charge >= 0.3 is 0 Å². The molecule has 0 aliphatic carbocycles. The average molecular weight is 439 g/mol. The van der Waals surface area contributed by atoms with Crippen molar-refractivity contribution >= 4 is 11.8 Å². The summed E-state index contributed by atoms with van der Waals surface area (Å²) in [5.41, 5.74) is -0.262. The molecule has 2 saturated heterocycles. The normalized spacial score (nSPS) is 22.5. The molecule has 170 valence electrons. The lowest BCUT2D eigenvalue weighted by atomic mass is 9.62. The summed E-state index contributed by atoms with van der Waals surface area (Å²) in [4.78, 5) is 27.6. The van der Waals surface area contributed by atoms with Gasteiger partial charge in [-0.25, -0.2) is 4.39 Å². The van der Waals surface area contributed by atoms with Crippen molar-refractivity contribution in [1.82, 2.24) is 10.2 Å². The van der Waals surface area contributed by atoms with Crippen molar-refractivity contribution in [2.45, 2.75) is 44.6 Å². The van der Waals surface area contributed by atoms with Crippen molar-refractivity contribution in [2.75, 3.05) is 19.6 Å². The Morgan fingerprint density at radius 1 is 1.12 bits per heavy atom. The summed E-state index contributed by atoms with van der Waals surface area (Å²) in [6.45, 7) is 5.18. The average Bonchev–Trinajstić information content (AvgIpc) is 2.80. The number of hydrogen-bond donors (Lipinski definition) is 2. The number of aliphatic hydroxyl groups is 1. The van der Waals surface area contributed by atoms with Crippen LogP contribution in [0.5, 0.6) is 0 Å². The van der Waals surface area contributed by atoms with Crippen molar-refractivity contribution in [2.24, 2.45) is 11.3 Å². The Hall–Kier alpha value is -2.73. The first-order chi connectivity index (χ1) is 15.3. The third-order valence-electron chi connectivity index (χ3n) is 7.45. The van der Waals surface area contributed by atoms with Crippen LogP contribution in [0.3, 0.4) is 0 Å². The number of hydrogen-bond acceptors (Lipinski definition) is 3. The standard InChI is InChI=1S/C26H31FN2O3/c1-18(2)26(32,20-6-4-3-5-7-20)24(31)29-14-12-25(13-15-29)16-23(30)28-17-22(25)19-8-10-21(27)11-9-19/h3-11,18,22,32H,12-17H2,1-2H3,(H,28,30)/t22-,26-/m0/s1. The molecule has 1 spiro atoms. The smallest absolute Gasteiger partial charge is 0.259 e. The highest BCUT2D eigenvalue weighted by molar-refractivity contribution is 5.87. The molecular weight excluding hydrogens is 407 g/mol. The number of amides is 2. The molecule has 0 saturated carbocycles. The van der Waals surface area contributed by atoms with Crippen LogP contribution in [0.25, 0.3) is 0 Å². The summed E-state index contributed by atoms with van der Waals surface area (Å²) in [7, 11) is 0. The first-order valence-electron chi connectivity index (χ1n) is 11.4. The second-order valence-corrected chi connectivity index (χ2v) is 9.53. The number of halogens is 1. The molecule has 2 aliphatic rings. The van der Waals surface area contributed by atoms with Crippen molar-refractivity contribution in [3.05, 3.63) is 71.5 Å². The van der Waals surface area contributed by atoms with E-state index in [4.69, 9.17) is 0 Å². The van der Waals surface area contributed by atoms with Crippen LogP contribution >= 0.6 is 0 Å². The lowest BCUT2D eigenvalue weighted by molar-refractivity contribution is -0.161. The van der Waals surface area contributed by atoms with Gasteiger partial charge in [0.15, 0.2) is 5.60 Å². The van der Waals surface area contributed by atoms with E-state index in [-0.39, 0.29) is 34.9 Å². The maximum atomic E-state index is 13.5. The monoisotopic (exact) mass is 438 g/mol. The highest BCUT2D eigenvalue weighted by Gasteiger charge is 2.50. The van der Waals surface area contributed by atoms with Gasteiger partial charge in [-0.05, 0) is 47.4 Å². The predicted octanol–water partition coefficient (Wildman–Crippen LogP) is 3.58. The SMILES string of the molecule is CC(C)[C@@](O)(C(=O)N1CCC2(CC1)CC(=O)NC[C@H]2c1ccc(F)cc1)c1ccccc1. The van der Waals surface area contributed by atoms with E-state index in [0.717, 1.165) is 5.56 Å². The molecule has 2 atom stereocenters. The number of likely N-dealkylation sites (tertiary alicyclic amines) is 1. The number of nitrogens with zero attached hydrogens (tertiary/aromatic N) is 1. The van der Waals surface area contributed by atoms with Crippen LogP contribution in [0.15, 0.2) is 54.6 Å². The van der Waals surface area contributed by atoms with Gasteiger partial charge < -0.3 is 15.3 Å². The molecule has 0 aromatic heterocycles. The molecule has 2 heterocycles. The topological polar surface area (TPSA) is 69.6 Å². The van der Waals surface area contributed by atoms with Crippen molar-refractivity contribution < 1.29 is 19.1 Å². The van der Waals surface area contributed by atoms with Crippen molar-refractivity contribution in [3.8, 4) is 0 Å². The van der Waals surface area contributed by atoms with Gasteiger partial charge in [0.1, 0.15) is 5.82 Å². The Labute approximate surface area is 188 Å². The van der Waals surface area contributed by atoms with Gasteiger partial charge in [0.05, 0.1) is 0 Å². The van der Waals surface area contributed by atoms with Gasteiger partial charge in [-0.2, -0.15) is 0 Å². The molecule has 2 fully saturated rings. The summed E-state index contributed by atoms with van der Waals surface area (Å²) >= 11 is 0. The molecular formula is C26H31FN2O3. The van der Waals surface area contributed by atoms with E-state index in [1.54, 1.807) is 29.2 Å². The van der Waals surface area contributed by atoms with E-state index in [2.05, 4.69) is 5.32 Å². The van der Waals surface area contributed by atoms with E-state index >= 15 is 0 Å². The Kier molecular flexibility index (Phi) is 6.08. The van der Waals surface area contributed by atoms with Crippen molar-refractivity contribution in [3.63, 3.8) is 0 Å². The summed E-state index contributed by atoms with van der Waals surface area (Å²) in [5, 5.41) is 14.4. The van der Waals surface area contributed by atoms with Gasteiger partial charge in [-0.15, -0.1) is 0 Å². The minimum atomic E-state index is -1.59. The van der Waals surface area contributed by atoms with Crippen LogP contribution < -0.4 is 5.32 Å². The van der Waals surface area contributed by atoms with Crippen LogP contribution in [0.2, 0.25) is 0 Å². The molecule has 0 radical (unpaired) electrons. The molecule has 5 nitrogen and oxygen atoms in total. The van der Waals surface area contributed by atoms with Gasteiger partial charge in [-0.1, -0.05) is 56.3 Å². The van der Waals surface area contributed by atoms with Crippen LogP contribution in [-0.4, -0.2) is 41.5 Å². The highest BCUT2D eigenvalue weighted by Crippen LogP contribution is 2.49. The van der Waals surface area contributed by atoms with Crippen LogP contribution in [0.1, 0.15) is 50.2 Å². The van der Waals surface area contributed by atoms with Crippen LogP contribution in [0.4, 0.5) is 4.39 Å². The third-order valence-corrected chi connectivity index (χ3v) is 7.45. The first-order valence-corrected chi connectivity index (χ1v) is 11.4. The maximum absolute atomic E-state index is 13.5. The Balaban J connectivity index is 1.56. The lowest BCUT2D eigenvalue weighted by Gasteiger charge is -2.50. The van der Waals surface area contributed by atoms with Crippen LogP contribution in [0, 0.1) is 17.2 Å². The highest BCUT2D eigenvalue weighted by atomic mass is 19.1. The molecule has 2 aromatic rings. The number of carbonyl (C=O) groups excluding carboxylic acids is 2. The van der Waals surface area contributed by atoms with E-state index in [9.17, 15) is 19.1 Å². The van der Waals surface area contributed by atoms with E-state index in [1.165, 1.54) is 12.1 Å². The fraction of sp³-hybridized carbons (Fsp3) is 0.462. The van der Waals surface area contributed by atoms with Crippen molar-refractivity contribution in [1.29, 1.82) is 0 Å². The quantitative estimate of drug-likeness (QED) is 0.767. The number of rotatable bonds is 4. The molecule has 4 rings (SSSR count). The maximum Gasteiger partial charge on any atom is 0.259 e. The molecule has 2 N–H and O–H groups in total. The van der Waals surface area contributed by atoms with Gasteiger partial charge in [0.25, 0.3) is 5.91 Å². The van der Waals surface area contributed by atoms with E-state index < -0.39 is 5.60 Å². The fourth-order valence-corrected chi connectivity index (χ4v) is 5.42. The Morgan fingerprint density at radius 2 is 1.75 bits per heavy atom. The summed E-state index contributed by atoms with van der Waals surface area (Å²) in [6.07, 6.45) is 1.72. The molecule has 2 aromatic carbocycles. The van der Waals surface area contributed by atoms with Gasteiger partial charge in [-0.3, -0.25) is 9.59 Å². The number of nitrogens with one attached hydrogen (secondary N) is 1. The minimum absolute atomic E-state index is 0.0195. The Bertz CT molecular complexity index is 968. The summed E-state index contributed by atoms with van der Waals surface area (Å²) in [6, 6.07) is 15.6. The lowest BCUT2D eigenvalue weighted by Crippen LogP contribution is -2.56. The zero-order chi connectivity index (χ0) is 22.9. The number of piperidine rings is 2. The molecule has 2 aliphatic heterocycles. The number of benzene rings is 2.